The van der Waals surface area contributed by atoms with Gasteiger partial charge in [0.25, 0.3) is 0 Å². The van der Waals surface area contributed by atoms with Crippen molar-refractivity contribution in [3.63, 3.8) is 0 Å². The van der Waals surface area contributed by atoms with E-state index >= 15 is 0 Å². The van der Waals surface area contributed by atoms with Gasteiger partial charge in [0.2, 0.25) is 9.84 Å². The van der Waals surface area contributed by atoms with Gasteiger partial charge >= 0.3 is 5.76 Å². The average Bonchev–Trinajstić information content (AvgIpc) is 2.39. The molecule has 20 heavy (non-hydrogen) atoms. The van der Waals surface area contributed by atoms with Crippen LogP contribution in [-0.4, -0.2) is 40.5 Å². The molecule has 0 spiro atoms. The number of methoxy groups -OCH3 is 1. The zero-order valence-electron chi connectivity index (χ0n) is 11.5. The van der Waals surface area contributed by atoms with Crippen molar-refractivity contribution >= 4 is 9.84 Å². The first-order valence-corrected chi connectivity index (χ1v) is 7.79. The highest BCUT2D eigenvalue weighted by atomic mass is 32.2. The number of alkyl halides is 2. The summed E-state index contributed by atoms with van der Waals surface area (Å²) < 4.78 is 52.4. The minimum atomic E-state index is -4.52. The minimum absolute atomic E-state index is 0.0996. The molecule has 1 N–H and O–H groups in total. The minimum Gasteiger partial charge on any atom is -0.383 e. The highest BCUT2D eigenvalue weighted by Gasteiger charge is 2.26. The highest BCUT2D eigenvalue weighted by molar-refractivity contribution is 7.91. The third kappa shape index (κ3) is 4.50. The van der Waals surface area contributed by atoms with Crippen molar-refractivity contribution in [2.75, 3.05) is 20.3 Å². The lowest BCUT2D eigenvalue weighted by atomic mass is 10.1. The molecule has 7 heteroatoms. The van der Waals surface area contributed by atoms with Gasteiger partial charge in [-0.1, -0.05) is 19.1 Å². The van der Waals surface area contributed by atoms with E-state index in [0.717, 1.165) is 12.1 Å². The van der Waals surface area contributed by atoms with Gasteiger partial charge in [0.1, 0.15) is 0 Å². The SMILES string of the molecule is CCNC(COC)Cc1ccc(S(=O)(=O)C(F)F)cc1. The Labute approximate surface area is 118 Å². The van der Waals surface area contributed by atoms with Crippen molar-refractivity contribution in [1.29, 1.82) is 0 Å². The monoisotopic (exact) mass is 307 g/mol. The summed E-state index contributed by atoms with van der Waals surface area (Å²) in [6.07, 6.45) is 0.636. The van der Waals surface area contributed by atoms with Gasteiger partial charge in [-0.05, 0) is 30.7 Å². The summed E-state index contributed by atoms with van der Waals surface area (Å²) in [7, 11) is -2.92. The molecule has 0 bridgehead atoms. The van der Waals surface area contributed by atoms with Crippen LogP contribution < -0.4 is 5.32 Å². The molecule has 1 atom stereocenters. The molecule has 0 aromatic heterocycles. The Morgan fingerprint density at radius 2 is 1.85 bits per heavy atom. The average molecular weight is 307 g/mol. The van der Waals surface area contributed by atoms with Crippen LogP contribution in [0.15, 0.2) is 29.2 Å². The van der Waals surface area contributed by atoms with Crippen molar-refractivity contribution in [3.05, 3.63) is 29.8 Å². The van der Waals surface area contributed by atoms with Crippen molar-refractivity contribution in [2.24, 2.45) is 0 Å². The lowest BCUT2D eigenvalue weighted by Gasteiger charge is -2.17. The van der Waals surface area contributed by atoms with Crippen LogP contribution in [0.2, 0.25) is 0 Å². The molecule has 0 saturated carbocycles. The standard InChI is InChI=1S/C13H19F2NO3S/c1-3-16-11(9-19-2)8-10-4-6-12(7-5-10)20(17,18)13(14)15/h4-7,11,13,16H,3,8-9H2,1-2H3. The van der Waals surface area contributed by atoms with Crippen molar-refractivity contribution in [2.45, 2.75) is 30.0 Å². The van der Waals surface area contributed by atoms with E-state index in [-0.39, 0.29) is 10.9 Å². The fraction of sp³-hybridized carbons (Fsp3) is 0.538. The third-order valence-electron chi connectivity index (χ3n) is 2.83. The summed E-state index contributed by atoms with van der Waals surface area (Å²) in [5.41, 5.74) is 0.862. The maximum Gasteiger partial charge on any atom is 0.341 e. The van der Waals surface area contributed by atoms with Gasteiger partial charge in [-0.15, -0.1) is 0 Å². The largest absolute Gasteiger partial charge is 0.383 e. The van der Waals surface area contributed by atoms with Gasteiger partial charge < -0.3 is 10.1 Å². The van der Waals surface area contributed by atoms with E-state index in [0.29, 0.717) is 13.0 Å². The summed E-state index contributed by atoms with van der Waals surface area (Å²) in [5, 5.41) is 3.23. The molecule has 0 aliphatic carbocycles. The second-order valence-corrected chi connectivity index (χ2v) is 6.28. The summed E-state index contributed by atoms with van der Waals surface area (Å²) in [6, 6.07) is 5.63. The number of nitrogens with one attached hydrogen (secondary N) is 1. The molecule has 0 aliphatic heterocycles. The Morgan fingerprint density at radius 1 is 1.25 bits per heavy atom. The predicted molar refractivity (Wildman–Crippen MR) is 72.7 cm³/mol. The van der Waals surface area contributed by atoms with Crippen LogP contribution in [0.3, 0.4) is 0 Å². The number of hydrogen-bond donors (Lipinski definition) is 1. The van der Waals surface area contributed by atoms with Gasteiger partial charge in [0.05, 0.1) is 11.5 Å². The second-order valence-electron chi connectivity index (χ2n) is 4.36. The van der Waals surface area contributed by atoms with Gasteiger partial charge in [-0.25, -0.2) is 8.42 Å². The summed E-state index contributed by atoms with van der Waals surface area (Å²) in [4.78, 5) is -0.358. The zero-order valence-corrected chi connectivity index (χ0v) is 12.3. The fourth-order valence-corrected chi connectivity index (χ4v) is 2.60. The molecular formula is C13H19F2NO3S. The van der Waals surface area contributed by atoms with Crippen molar-refractivity contribution < 1.29 is 21.9 Å². The molecule has 4 nitrogen and oxygen atoms in total. The number of benzene rings is 1. The second kappa shape index (κ2) is 7.66. The molecule has 1 unspecified atom stereocenters. The predicted octanol–water partition coefficient (Wildman–Crippen LogP) is 1.85. The summed E-state index contributed by atoms with van der Waals surface area (Å²) in [6.45, 7) is 3.28. The van der Waals surface area contributed by atoms with E-state index in [2.05, 4.69) is 5.32 Å². The first kappa shape index (κ1) is 17.0. The Balaban J connectivity index is 2.81. The van der Waals surface area contributed by atoms with Crippen LogP contribution in [0.1, 0.15) is 12.5 Å². The number of ether oxygens (including phenoxy) is 1. The van der Waals surface area contributed by atoms with E-state index in [4.69, 9.17) is 4.74 Å². The Hall–Kier alpha value is -1.05. The van der Waals surface area contributed by atoms with Crippen LogP contribution in [0.5, 0.6) is 0 Å². The first-order valence-electron chi connectivity index (χ1n) is 6.25. The van der Waals surface area contributed by atoms with E-state index in [1.165, 1.54) is 12.1 Å². The molecule has 1 aromatic rings. The molecule has 0 heterocycles. The lowest BCUT2D eigenvalue weighted by molar-refractivity contribution is 0.167. The highest BCUT2D eigenvalue weighted by Crippen LogP contribution is 2.19. The van der Waals surface area contributed by atoms with E-state index in [1.807, 2.05) is 6.92 Å². The smallest absolute Gasteiger partial charge is 0.341 e. The number of hydrogen-bond acceptors (Lipinski definition) is 4. The number of likely N-dealkylation sites (N-methyl/N-ethyl adjacent to an activating group) is 1. The van der Waals surface area contributed by atoms with Gasteiger partial charge in [-0.3, -0.25) is 0 Å². The van der Waals surface area contributed by atoms with Crippen LogP contribution in [-0.2, 0) is 21.0 Å². The number of sulfone groups is 1. The molecule has 0 radical (unpaired) electrons. The van der Waals surface area contributed by atoms with Crippen LogP contribution >= 0.6 is 0 Å². The maximum absolute atomic E-state index is 12.4. The maximum atomic E-state index is 12.4. The molecular weight excluding hydrogens is 288 g/mol. The summed E-state index contributed by atoms with van der Waals surface area (Å²) in [5.74, 6) is -3.39. The summed E-state index contributed by atoms with van der Waals surface area (Å²) >= 11 is 0. The molecule has 0 aliphatic rings. The topological polar surface area (TPSA) is 55.4 Å². The van der Waals surface area contributed by atoms with Crippen LogP contribution in [0, 0.1) is 0 Å². The van der Waals surface area contributed by atoms with Crippen LogP contribution in [0.4, 0.5) is 8.78 Å². The van der Waals surface area contributed by atoms with E-state index in [9.17, 15) is 17.2 Å². The molecule has 0 fully saturated rings. The quantitative estimate of drug-likeness (QED) is 0.796. The Kier molecular flexibility index (Phi) is 6.51. The normalized spacial score (nSPS) is 13.7. The lowest BCUT2D eigenvalue weighted by Crippen LogP contribution is -2.34. The Bertz CT molecular complexity index is 497. The van der Waals surface area contributed by atoms with Crippen molar-refractivity contribution in [1.82, 2.24) is 5.32 Å². The van der Waals surface area contributed by atoms with Crippen LogP contribution in [0.25, 0.3) is 0 Å². The van der Waals surface area contributed by atoms with Gasteiger partial charge in [0.15, 0.2) is 0 Å². The fourth-order valence-electron chi connectivity index (χ4n) is 1.88. The van der Waals surface area contributed by atoms with Gasteiger partial charge in [0, 0.05) is 13.2 Å². The van der Waals surface area contributed by atoms with Gasteiger partial charge in [-0.2, -0.15) is 8.78 Å². The van der Waals surface area contributed by atoms with E-state index in [1.54, 1.807) is 19.2 Å². The molecule has 114 valence electrons. The zero-order chi connectivity index (χ0) is 15.2. The molecule has 0 saturated heterocycles. The molecule has 1 aromatic carbocycles. The Morgan fingerprint density at radius 3 is 2.30 bits per heavy atom. The van der Waals surface area contributed by atoms with E-state index < -0.39 is 15.6 Å². The number of halogens is 2. The number of rotatable bonds is 8. The third-order valence-corrected chi connectivity index (χ3v) is 4.23. The molecule has 1 rings (SSSR count). The van der Waals surface area contributed by atoms with Crippen molar-refractivity contribution in [3.8, 4) is 0 Å². The molecule has 0 amide bonds. The first-order chi connectivity index (χ1) is 9.41.